The third-order valence-corrected chi connectivity index (χ3v) is 4.80. The minimum Gasteiger partial charge on any atom is -0.493 e. The smallest absolute Gasteiger partial charge is 0.260 e. The van der Waals surface area contributed by atoms with E-state index < -0.39 is 6.10 Å². The van der Waals surface area contributed by atoms with Crippen molar-refractivity contribution in [2.24, 2.45) is 0 Å². The normalized spacial score (nSPS) is 11.4. The Morgan fingerprint density at radius 1 is 0.867 bits per heavy atom. The Kier molecular flexibility index (Phi) is 7.33. The molecule has 1 unspecified atom stereocenters. The Bertz CT molecular complexity index is 955. The molecule has 3 aromatic rings. The van der Waals surface area contributed by atoms with Gasteiger partial charge in [-0.3, -0.25) is 4.79 Å². The van der Waals surface area contributed by atoms with Crippen molar-refractivity contribution >= 4 is 5.91 Å². The largest absolute Gasteiger partial charge is 0.493 e. The second kappa shape index (κ2) is 10.3. The van der Waals surface area contributed by atoms with Gasteiger partial charge in [-0.15, -0.1) is 0 Å². The van der Waals surface area contributed by atoms with Gasteiger partial charge in [-0.2, -0.15) is 0 Å². The molecule has 5 heteroatoms. The summed E-state index contributed by atoms with van der Waals surface area (Å²) in [6, 6.07) is 23.6. The molecular formula is C25H27NO4. The van der Waals surface area contributed by atoms with Crippen molar-refractivity contribution in [1.82, 2.24) is 5.32 Å². The Labute approximate surface area is 177 Å². The highest BCUT2D eigenvalue weighted by molar-refractivity contribution is 5.80. The number of carbonyl (C=O) groups is 1. The van der Waals surface area contributed by atoms with E-state index in [1.54, 1.807) is 21.1 Å². The van der Waals surface area contributed by atoms with Crippen LogP contribution in [0.5, 0.6) is 17.2 Å². The highest BCUT2D eigenvalue weighted by Gasteiger charge is 2.14. The van der Waals surface area contributed by atoms with Crippen LogP contribution in [0.25, 0.3) is 11.1 Å². The van der Waals surface area contributed by atoms with Crippen LogP contribution in [0.3, 0.4) is 0 Å². The SMILES string of the molecule is COc1ccc(CCNC(=O)C(C)Oc2ccc(-c3ccccc3)cc2)cc1OC. The predicted octanol–water partition coefficient (Wildman–Crippen LogP) is 4.50. The number of carbonyl (C=O) groups excluding carboxylic acids is 1. The molecular weight excluding hydrogens is 378 g/mol. The predicted molar refractivity (Wildman–Crippen MR) is 118 cm³/mol. The second-order valence-corrected chi connectivity index (χ2v) is 6.88. The van der Waals surface area contributed by atoms with Crippen LogP contribution in [0.1, 0.15) is 12.5 Å². The van der Waals surface area contributed by atoms with Crippen LogP contribution in [0.2, 0.25) is 0 Å². The molecule has 30 heavy (non-hydrogen) atoms. The Morgan fingerprint density at radius 2 is 1.53 bits per heavy atom. The van der Waals surface area contributed by atoms with E-state index in [9.17, 15) is 4.79 Å². The standard InChI is InChI=1S/C25H27NO4/c1-18(30-22-12-10-21(11-13-22)20-7-5-4-6-8-20)25(27)26-16-15-19-9-14-23(28-2)24(17-19)29-3/h4-14,17-18H,15-16H2,1-3H3,(H,26,27). The van der Waals surface area contributed by atoms with E-state index in [-0.39, 0.29) is 5.91 Å². The molecule has 0 saturated heterocycles. The number of hydrogen-bond acceptors (Lipinski definition) is 4. The number of nitrogens with one attached hydrogen (secondary N) is 1. The third-order valence-electron chi connectivity index (χ3n) is 4.80. The molecule has 3 aromatic carbocycles. The highest BCUT2D eigenvalue weighted by atomic mass is 16.5. The van der Waals surface area contributed by atoms with Gasteiger partial charge in [0.1, 0.15) is 5.75 Å². The van der Waals surface area contributed by atoms with Gasteiger partial charge in [-0.1, -0.05) is 48.5 Å². The number of hydrogen-bond donors (Lipinski definition) is 1. The van der Waals surface area contributed by atoms with E-state index in [4.69, 9.17) is 14.2 Å². The van der Waals surface area contributed by atoms with Crippen LogP contribution >= 0.6 is 0 Å². The molecule has 3 rings (SSSR count). The zero-order valence-corrected chi connectivity index (χ0v) is 17.6. The van der Waals surface area contributed by atoms with Gasteiger partial charge in [0, 0.05) is 6.54 Å². The maximum absolute atomic E-state index is 12.4. The first kappa shape index (κ1) is 21.2. The van der Waals surface area contributed by atoms with Crippen molar-refractivity contribution < 1.29 is 19.0 Å². The first-order valence-corrected chi connectivity index (χ1v) is 9.91. The summed E-state index contributed by atoms with van der Waals surface area (Å²) >= 11 is 0. The maximum Gasteiger partial charge on any atom is 0.260 e. The van der Waals surface area contributed by atoms with Gasteiger partial charge in [0.05, 0.1) is 14.2 Å². The lowest BCUT2D eigenvalue weighted by Crippen LogP contribution is -2.37. The van der Waals surface area contributed by atoms with Crippen molar-refractivity contribution in [3.63, 3.8) is 0 Å². The second-order valence-electron chi connectivity index (χ2n) is 6.88. The molecule has 0 spiro atoms. The lowest BCUT2D eigenvalue weighted by molar-refractivity contribution is -0.127. The molecule has 156 valence electrons. The molecule has 0 aliphatic carbocycles. The number of rotatable bonds is 9. The quantitative estimate of drug-likeness (QED) is 0.570. The molecule has 1 amide bonds. The summed E-state index contributed by atoms with van der Waals surface area (Å²) in [4.78, 5) is 12.4. The molecule has 1 N–H and O–H groups in total. The minimum atomic E-state index is -0.585. The van der Waals surface area contributed by atoms with Crippen LogP contribution in [0, 0.1) is 0 Å². The maximum atomic E-state index is 12.4. The molecule has 0 radical (unpaired) electrons. The molecule has 0 aromatic heterocycles. The Hall–Kier alpha value is -3.47. The molecule has 5 nitrogen and oxygen atoms in total. The van der Waals surface area contributed by atoms with Crippen LogP contribution in [-0.4, -0.2) is 32.8 Å². The van der Waals surface area contributed by atoms with Gasteiger partial charge in [0.25, 0.3) is 5.91 Å². The zero-order valence-electron chi connectivity index (χ0n) is 17.6. The van der Waals surface area contributed by atoms with Crippen molar-refractivity contribution in [3.8, 4) is 28.4 Å². The Morgan fingerprint density at radius 3 is 2.20 bits per heavy atom. The molecule has 1 atom stereocenters. The first-order valence-electron chi connectivity index (χ1n) is 9.91. The van der Waals surface area contributed by atoms with Crippen LogP contribution in [0.15, 0.2) is 72.8 Å². The average Bonchev–Trinajstić information content (AvgIpc) is 2.79. The summed E-state index contributed by atoms with van der Waals surface area (Å²) in [6.45, 7) is 2.26. The van der Waals surface area contributed by atoms with E-state index in [0.29, 0.717) is 30.2 Å². The summed E-state index contributed by atoms with van der Waals surface area (Å²) < 4.78 is 16.3. The van der Waals surface area contributed by atoms with E-state index in [0.717, 1.165) is 16.7 Å². The molecule has 0 bridgehead atoms. The van der Waals surface area contributed by atoms with Crippen LogP contribution in [-0.2, 0) is 11.2 Å². The first-order chi connectivity index (χ1) is 14.6. The third kappa shape index (κ3) is 5.54. The van der Waals surface area contributed by atoms with E-state index in [2.05, 4.69) is 17.4 Å². The zero-order chi connectivity index (χ0) is 21.3. The minimum absolute atomic E-state index is 0.150. The number of ether oxygens (including phenoxy) is 3. The van der Waals surface area contributed by atoms with Gasteiger partial charge in [-0.25, -0.2) is 0 Å². The fourth-order valence-electron chi connectivity index (χ4n) is 3.12. The molecule has 0 fully saturated rings. The van der Waals surface area contributed by atoms with E-state index in [1.165, 1.54) is 0 Å². The van der Waals surface area contributed by atoms with Crippen LogP contribution < -0.4 is 19.5 Å². The fourth-order valence-corrected chi connectivity index (χ4v) is 3.12. The van der Waals surface area contributed by atoms with Crippen molar-refractivity contribution in [1.29, 1.82) is 0 Å². The monoisotopic (exact) mass is 405 g/mol. The molecule has 0 aliphatic rings. The van der Waals surface area contributed by atoms with Gasteiger partial charge >= 0.3 is 0 Å². The number of benzene rings is 3. The van der Waals surface area contributed by atoms with Gasteiger partial charge in [-0.05, 0) is 54.3 Å². The summed E-state index contributed by atoms with van der Waals surface area (Å²) in [5, 5.41) is 2.92. The van der Waals surface area contributed by atoms with Crippen molar-refractivity contribution in [2.75, 3.05) is 20.8 Å². The number of amides is 1. The van der Waals surface area contributed by atoms with E-state index in [1.807, 2.05) is 60.7 Å². The molecule has 0 saturated carbocycles. The fraction of sp³-hybridized carbons (Fsp3) is 0.240. The van der Waals surface area contributed by atoms with Gasteiger partial charge in [0.15, 0.2) is 17.6 Å². The lowest BCUT2D eigenvalue weighted by atomic mass is 10.1. The highest BCUT2D eigenvalue weighted by Crippen LogP contribution is 2.27. The van der Waals surface area contributed by atoms with Crippen molar-refractivity contribution in [2.45, 2.75) is 19.4 Å². The summed E-state index contributed by atoms with van der Waals surface area (Å²) in [6.07, 6.45) is 0.0999. The molecule has 0 heterocycles. The number of methoxy groups -OCH3 is 2. The lowest BCUT2D eigenvalue weighted by Gasteiger charge is -2.15. The average molecular weight is 405 g/mol. The summed E-state index contributed by atoms with van der Waals surface area (Å²) in [5.41, 5.74) is 3.30. The van der Waals surface area contributed by atoms with Gasteiger partial charge < -0.3 is 19.5 Å². The van der Waals surface area contributed by atoms with Crippen LogP contribution in [0.4, 0.5) is 0 Å². The van der Waals surface area contributed by atoms with Crippen molar-refractivity contribution in [3.05, 3.63) is 78.4 Å². The summed E-state index contributed by atoms with van der Waals surface area (Å²) in [7, 11) is 3.21. The topological polar surface area (TPSA) is 56.8 Å². The summed E-state index contributed by atoms with van der Waals surface area (Å²) in [5.74, 6) is 1.88. The molecule has 0 aliphatic heterocycles. The Balaban J connectivity index is 1.49. The van der Waals surface area contributed by atoms with E-state index >= 15 is 0 Å². The van der Waals surface area contributed by atoms with Gasteiger partial charge in [0.2, 0.25) is 0 Å².